The zero-order chi connectivity index (χ0) is 9.84. The van der Waals surface area contributed by atoms with Crippen molar-refractivity contribution in [2.75, 3.05) is 0 Å². The van der Waals surface area contributed by atoms with Crippen LogP contribution in [0.2, 0.25) is 0 Å². The van der Waals surface area contributed by atoms with Crippen LogP contribution >= 0.6 is 0 Å². The fourth-order valence-electron chi connectivity index (χ4n) is 1.09. The van der Waals surface area contributed by atoms with Crippen LogP contribution in [0.4, 0.5) is 0 Å². The third-order valence-electron chi connectivity index (χ3n) is 1.59. The van der Waals surface area contributed by atoms with E-state index in [0.717, 1.165) is 0 Å². The maximum atomic E-state index is 9.12. The topological polar surface area (TPSA) is 73.0 Å². The van der Waals surface area contributed by atoms with Gasteiger partial charge in [0.05, 0.1) is 5.71 Å². The predicted molar refractivity (Wildman–Crippen MR) is 48.4 cm³/mol. The van der Waals surface area contributed by atoms with Gasteiger partial charge in [-0.1, -0.05) is 5.16 Å². The number of phenols is 2. The lowest BCUT2D eigenvalue weighted by molar-refractivity contribution is 0.317. The summed E-state index contributed by atoms with van der Waals surface area (Å²) in [6.07, 6.45) is 0.401. The van der Waals surface area contributed by atoms with E-state index in [2.05, 4.69) is 5.16 Å². The van der Waals surface area contributed by atoms with Gasteiger partial charge in [0.15, 0.2) is 0 Å². The molecule has 0 aliphatic carbocycles. The Morgan fingerprint density at radius 3 is 2.23 bits per heavy atom. The Bertz CT molecular complexity index is 313. The first-order chi connectivity index (χ1) is 6.11. The van der Waals surface area contributed by atoms with Crippen LogP contribution in [0.3, 0.4) is 0 Å². The first-order valence-corrected chi connectivity index (χ1v) is 3.81. The standard InChI is InChI=1S/C9H11NO3/c1-6(10-13)2-7-3-8(11)5-9(12)4-7/h3-5,11-13H,2H2,1H3/b10-6+. The van der Waals surface area contributed by atoms with E-state index in [4.69, 9.17) is 15.4 Å². The van der Waals surface area contributed by atoms with Crippen molar-refractivity contribution in [3.05, 3.63) is 23.8 Å². The molecule has 70 valence electrons. The van der Waals surface area contributed by atoms with E-state index in [-0.39, 0.29) is 11.5 Å². The number of benzene rings is 1. The molecule has 0 spiro atoms. The van der Waals surface area contributed by atoms with E-state index in [0.29, 0.717) is 17.7 Å². The predicted octanol–water partition coefficient (Wildman–Crippen LogP) is 1.49. The molecule has 0 radical (unpaired) electrons. The molecule has 0 fully saturated rings. The molecule has 1 aromatic rings. The summed E-state index contributed by atoms with van der Waals surface area (Å²) >= 11 is 0. The Morgan fingerprint density at radius 1 is 1.23 bits per heavy atom. The van der Waals surface area contributed by atoms with Gasteiger partial charge in [0.25, 0.3) is 0 Å². The molecule has 0 aliphatic rings. The van der Waals surface area contributed by atoms with E-state index in [1.165, 1.54) is 18.2 Å². The maximum Gasteiger partial charge on any atom is 0.119 e. The van der Waals surface area contributed by atoms with Crippen LogP contribution in [0.5, 0.6) is 11.5 Å². The highest BCUT2D eigenvalue weighted by atomic mass is 16.4. The quantitative estimate of drug-likeness (QED) is 0.367. The van der Waals surface area contributed by atoms with Gasteiger partial charge >= 0.3 is 0 Å². The second-order valence-corrected chi connectivity index (χ2v) is 2.87. The van der Waals surface area contributed by atoms with Crippen molar-refractivity contribution < 1.29 is 15.4 Å². The Labute approximate surface area is 75.8 Å². The molecule has 0 saturated heterocycles. The van der Waals surface area contributed by atoms with E-state index in [9.17, 15) is 0 Å². The van der Waals surface area contributed by atoms with E-state index >= 15 is 0 Å². The van der Waals surface area contributed by atoms with Gasteiger partial charge in [0.2, 0.25) is 0 Å². The Hall–Kier alpha value is -1.71. The van der Waals surface area contributed by atoms with Crippen LogP contribution in [-0.2, 0) is 6.42 Å². The highest BCUT2D eigenvalue weighted by Gasteiger charge is 2.00. The van der Waals surface area contributed by atoms with Crippen molar-refractivity contribution in [3.63, 3.8) is 0 Å². The summed E-state index contributed by atoms with van der Waals surface area (Å²) in [5.41, 5.74) is 1.22. The van der Waals surface area contributed by atoms with Gasteiger partial charge in [-0.3, -0.25) is 0 Å². The van der Waals surface area contributed by atoms with Crippen LogP contribution in [0.1, 0.15) is 12.5 Å². The molecule has 0 bridgehead atoms. The van der Waals surface area contributed by atoms with Gasteiger partial charge in [-0.2, -0.15) is 0 Å². The van der Waals surface area contributed by atoms with Gasteiger partial charge in [0.1, 0.15) is 11.5 Å². The summed E-state index contributed by atoms with van der Waals surface area (Å²) in [5.74, 6) is 0.00137. The maximum absolute atomic E-state index is 9.12. The summed E-state index contributed by atoms with van der Waals surface area (Å²) in [7, 11) is 0. The number of rotatable bonds is 2. The molecule has 4 heteroatoms. The highest BCUT2D eigenvalue weighted by molar-refractivity contribution is 5.83. The smallest absolute Gasteiger partial charge is 0.119 e. The molecule has 0 atom stereocenters. The summed E-state index contributed by atoms with van der Waals surface area (Å²) in [6.45, 7) is 1.65. The number of hydrogen-bond acceptors (Lipinski definition) is 4. The fraction of sp³-hybridized carbons (Fsp3) is 0.222. The van der Waals surface area contributed by atoms with Crippen LogP contribution in [0.15, 0.2) is 23.4 Å². The molecule has 1 rings (SSSR count). The lowest BCUT2D eigenvalue weighted by Crippen LogP contribution is -1.96. The van der Waals surface area contributed by atoms with Crippen molar-refractivity contribution in [3.8, 4) is 11.5 Å². The average molecular weight is 181 g/mol. The molecule has 1 aromatic carbocycles. The number of nitrogens with zero attached hydrogens (tertiary/aromatic N) is 1. The summed E-state index contributed by atoms with van der Waals surface area (Å²) in [6, 6.07) is 4.26. The molecule has 3 N–H and O–H groups in total. The minimum Gasteiger partial charge on any atom is -0.508 e. The van der Waals surface area contributed by atoms with E-state index in [1.807, 2.05) is 0 Å². The highest BCUT2D eigenvalue weighted by Crippen LogP contribution is 2.20. The first kappa shape index (κ1) is 9.38. The lowest BCUT2D eigenvalue weighted by Gasteiger charge is -2.01. The number of oxime groups is 1. The van der Waals surface area contributed by atoms with Crippen molar-refractivity contribution in [1.29, 1.82) is 0 Å². The third kappa shape index (κ3) is 2.66. The molecular weight excluding hydrogens is 170 g/mol. The van der Waals surface area contributed by atoms with Crippen molar-refractivity contribution >= 4 is 5.71 Å². The molecule has 0 unspecified atom stereocenters. The first-order valence-electron chi connectivity index (χ1n) is 3.81. The average Bonchev–Trinajstić information content (AvgIpc) is 2.02. The minimum absolute atomic E-state index is 0.000685. The van der Waals surface area contributed by atoms with Crippen molar-refractivity contribution in [2.45, 2.75) is 13.3 Å². The molecule has 13 heavy (non-hydrogen) atoms. The van der Waals surface area contributed by atoms with Gasteiger partial charge in [0, 0.05) is 12.5 Å². The molecule has 0 aliphatic heterocycles. The Kier molecular flexibility index (Phi) is 2.74. The minimum atomic E-state index is 0.000685. The largest absolute Gasteiger partial charge is 0.508 e. The van der Waals surface area contributed by atoms with Crippen molar-refractivity contribution in [2.24, 2.45) is 5.16 Å². The second-order valence-electron chi connectivity index (χ2n) is 2.87. The van der Waals surface area contributed by atoms with Crippen LogP contribution < -0.4 is 0 Å². The normalized spacial score (nSPS) is 11.6. The van der Waals surface area contributed by atoms with Crippen LogP contribution in [0.25, 0.3) is 0 Å². The fourth-order valence-corrected chi connectivity index (χ4v) is 1.09. The van der Waals surface area contributed by atoms with Gasteiger partial charge in [-0.25, -0.2) is 0 Å². The zero-order valence-electron chi connectivity index (χ0n) is 7.23. The Balaban J connectivity index is 2.89. The molecule has 0 heterocycles. The second kappa shape index (κ2) is 3.80. The lowest BCUT2D eigenvalue weighted by atomic mass is 10.1. The molecular formula is C9H11NO3. The van der Waals surface area contributed by atoms with Crippen molar-refractivity contribution in [1.82, 2.24) is 0 Å². The molecule has 0 aromatic heterocycles. The zero-order valence-corrected chi connectivity index (χ0v) is 7.23. The molecule has 0 amide bonds. The number of hydrogen-bond donors (Lipinski definition) is 3. The number of phenolic OH excluding ortho intramolecular Hbond substituents is 2. The molecule has 4 nitrogen and oxygen atoms in total. The van der Waals surface area contributed by atoms with Crippen LogP contribution in [-0.4, -0.2) is 21.1 Å². The van der Waals surface area contributed by atoms with Gasteiger partial charge in [-0.05, 0) is 24.6 Å². The number of aromatic hydroxyl groups is 2. The monoisotopic (exact) mass is 181 g/mol. The SMILES string of the molecule is C/C(Cc1cc(O)cc(O)c1)=N\O. The van der Waals surface area contributed by atoms with E-state index < -0.39 is 0 Å². The van der Waals surface area contributed by atoms with Gasteiger partial charge in [-0.15, -0.1) is 0 Å². The van der Waals surface area contributed by atoms with Crippen LogP contribution in [0, 0.1) is 0 Å². The van der Waals surface area contributed by atoms with E-state index in [1.54, 1.807) is 6.92 Å². The Morgan fingerprint density at radius 2 is 1.77 bits per heavy atom. The third-order valence-corrected chi connectivity index (χ3v) is 1.59. The summed E-state index contributed by atoms with van der Waals surface area (Å²) in [4.78, 5) is 0. The molecule has 0 saturated carbocycles. The van der Waals surface area contributed by atoms with Gasteiger partial charge < -0.3 is 15.4 Å². The summed E-state index contributed by atoms with van der Waals surface area (Å²) < 4.78 is 0. The summed E-state index contributed by atoms with van der Waals surface area (Å²) in [5, 5.41) is 29.6.